The van der Waals surface area contributed by atoms with Crippen LogP contribution >= 0.6 is 0 Å². The lowest BCUT2D eigenvalue weighted by Crippen LogP contribution is -1.99. The van der Waals surface area contributed by atoms with E-state index in [1.807, 2.05) is 27.0 Å². The molecule has 4 nitrogen and oxygen atoms in total. The lowest BCUT2D eigenvalue weighted by molar-refractivity contribution is 0.429. The molecular formula is C14H19N3O. The zero-order chi connectivity index (χ0) is 13.4. The Hall–Kier alpha value is -1.97. The average molecular weight is 245 g/mol. The predicted molar refractivity (Wildman–Crippen MR) is 73.1 cm³/mol. The van der Waals surface area contributed by atoms with Gasteiger partial charge in [0, 0.05) is 7.05 Å². The Kier molecular flexibility index (Phi) is 3.03. The molecule has 2 N–H and O–H groups in total. The number of nitrogens with zero attached hydrogens (tertiary/aromatic N) is 2. The van der Waals surface area contributed by atoms with Gasteiger partial charge in [0.1, 0.15) is 11.4 Å². The van der Waals surface area contributed by atoms with Gasteiger partial charge in [0.2, 0.25) is 5.88 Å². The van der Waals surface area contributed by atoms with Gasteiger partial charge in [-0.05, 0) is 50.5 Å². The molecule has 4 heteroatoms. The van der Waals surface area contributed by atoms with Gasteiger partial charge in [-0.25, -0.2) is 4.68 Å². The summed E-state index contributed by atoms with van der Waals surface area (Å²) in [6, 6.07) is 4.16. The zero-order valence-electron chi connectivity index (χ0n) is 11.5. The molecule has 0 aliphatic rings. The first-order valence-electron chi connectivity index (χ1n) is 5.95. The number of nitrogens with two attached hydrogens (primary N) is 1. The number of hydrogen-bond donors (Lipinski definition) is 1. The molecule has 0 spiro atoms. The minimum Gasteiger partial charge on any atom is -0.437 e. The lowest BCUT2D eigenvalue weighted by Gasteiger charge is -2.12. The molecule has 1 aromatic heterocycles. The van der Waals surface area contributed by atoms with Crippen LogP contribution in [0.25, 0.3) is 0 Å². The third-order valence-corrected chi connectivity index (χ3v) is 3.18. The summed E-state index contributed by atoms with van der Waals surface area (Å²) in [4.78, 5) is 0. The van der Waals surface area contributed by atoms with Gasteiger partial charge in [-0.3, -0.25) is 0 Å². The highest BCUT2D eigenvalue weighted by Crippen LogP contribution is 2.32. The Bertz CT molecular complexity index is 600. The highest BCUT2D eigenvalue weighted by Gasteiger charge is 2.14. The van der Waals surface area contributed by atoms with Crippen molar-refractivity contribution >= 4 is 5.69 Å². The number of aromatic nitrogens is 2. The second-order valence-electron chi connectivity index (χ2n) is 4.73. The molecule has 0 aliphatic heterocycles. The summed E-state index contributed by atoms with van der Waals surface area (Å²) in [5.74, 6) is 1.43. The maximum absolute atomic E-state index is 5.97. The first kappa shape index (κ1) is 12.5. The molecule has 0 aliphatic carbocycles. The number of ether oxygens (including phenoxy) is 1. The molecule has 0 saturated heterocycles. The molecule has 18 heavy (non-hydrogen) atoms. The molecule has 0 fully saturated rings. The highest BCUT2D eigenvalue weighted by molar-refractivity contribution is 5.55. The van der Waals surface area contributed by atoms with E-state index >= 15 is 0 Å². The van der Waals surface area contributed by atoms with Crippen LogP contribution in [-0.4, -0.2) is 9.78 Å². The molecule has 0 radical (unpaired) electrons. The normalized spacial score (nSPS) is 10.7. The summed E-state index contributed by atoms with van der Waals surface area (Å²) >= 11 is 0. The van der Waals surface area contributed by atoms with Gasteiger partial charge in [-0.2, -0.15) is 5.10 Å². The van der Waals surface area contributed by atoms with Crippen LogP contribution < -0.4 is 10.5 Å². The van der Waals surface area contributed by atoms with Crippen molar-refractivity contribution in [1.82, 2.24) is 9.78 Å². The standard InChI is InChI=1S/C14H19N3O/c1-8-6-9(2)10(3)12(7-8)18-14-13(15)11(4)16-17(14)5/h6-7H,15H2,1-5H3. The third-order valence-electron chi connectivity index (χ3n) is 3.18. The van der Waals surface area contributed by atoms with Crippen molar-refractivity contribution in [2.45, 2.75) is 27.7 Å². The Morgan fingerprint density at radius 2 is 1.83 bits per heavy atom. The number of hydrogen-bond acceptors (Lipinski definition) is 3. The Labute approximate surface area is 107 Å². The quantitative estimate of drug-likeness (QED) is 0.884. The van der Waals surface area contributed by atoms with E-state index in [0.717, 1.165) is 17.0 Å². The molecule has 96 valence electrons. The van der Waals surface area contributed by atoms with Crippen LogP contribution in [0.3, 0.4) is 0 Å². The SMILES string of the molecule is Cc1cc(C)c(C)c(Oc2c(N)c(C)nn2C)c1. The second-order valence-corrected chi connectivity index (χ2v) is 4.73. The first-order valence-corrected chi connectivity index (χ1v) is 5.95. The minimum atomic E-state index is 0.594. The summed E-state index contributed by atoms with van der Waals surface area (Å²) in [6.07, 6.45) is 0. The summed E-state index contributed by atoms with van der Waals surface area (Å²) in [5, 5.41) is 4.25. The van der Waals surface area contributed by atoms with Gasteiger partial charge in [-0.15, -0.1) is 0 Å². The molecule has 0 unspecified atom stereocenters. The Morgan fingerprint density at radius 3 is 2.39 bits per heavy atom. The van der Waals surface area contributed by atoms with E-state index in [1.165, 1.54) is 11.1 Å². The van der Waals surface area contributed by atoms with Crippen LogP contribution in [0.5, 0.6) is 11.6 Å². The minimum absolute atomic E-state index is 0.594. The van der Waals surface area contributed by atoms with E-state index < -0.39 is 0 Å². The van der Waals surface area contributed by atoms with Gasteiger partial charge in [0.15, 0.2) is 0 Å². The van der Waals surface area contributed by atoms with Gasteiger partial charge >= 0.3 is 0 Å². The van der Waals surface area contributed by atoms with Crippen LogP contribution in [-0.2, 0) is 7.05 Å². The third kappa shape index (κ3) is 2.06. The van der Waals surface area contributed by atoms with E-state index in [1.54, 1.807) is 4.68 Å². The van der Waals surface area contributed by atoms with E-state index in [0.29, 0.717) is 11.6 Å². The summed E-state index contributed by atoms with van der Waals surface area (Å²) in [7, 11) is 1.83. The Balaban J connectivity index is 2.46. The molecular weight excluding hydrogens is 226 g/mol. The number of aryl methyl sites for hydroxylation is 4. The van der Waals surface area contributed by atoms with Gasteiger partial charge in [0.05, 0.1) is 5.69 Å². The van der Waals surface area contributed by atoms with Gasteiger partial charge in [0.25, 0.3) is 0 Å². The molecule has 0 amide bonds. The van der Waals surface area contributed by atoms with Crippen LogP contribution in [0, 0.1) is 27.7 Å². The van der Waals surface area contributed by atoms with Crippen LogP contribution in [0.4, 0.5) is 5.69 Å². The maximum Gasteiger partial charge on any atom is 0.241 e. The topological polar surface area (TPSA) is 53.1 Å². The highest BCUT2D eigenvalue weighted by atomic mass is 16.5. The van der Waals surface area contributed by atoms with Crippen molar-refractivity contribution in [3.8, 4) is 11.6 Å². The van der Waals surface area contributed by atoms with E-state index in [4.69, 9.17) is 10.5 Å². The van der Waals surface area contributed by atoms with E-state index in [-0.39, 0.29) is 0 Å². The molecule has 1 heterocycles. The van der Waals surface area contributed by atoms with Crippen molar-refractivity contribution in [2.24, 2.45) is 7.05 Å². The van der Waals surface area contributed by atoms with Crippen molar-refractivity contribution in [3.63, 3.8) is 0 Å². The first-order chi connectivity index (χ1) is 8.40. The molecule has 2 aromatic rings. The molecule has 0 saturated carbocycles. The molecule has 0 bridgehead atoms. The smallest absolute Gasteiger partial charge is 0.241 e. The number of benzene rings is 1. The van der Waals surface area contributed by atoms with Gasteiger partial charge in [-0.1, -0.05) is 6.07 Å². The fourth-order valence-corrected chi connectivity index (χ4v) is 1.99. The van der Waals surface area contributed by atoms with Crippen LogP contribution in [0.15, 0.2) is 12.1 Å². The van der Waals surface area contributed by atoms with Crippen molar-refractivity contribution in [1.29, 1.82) is 0 Å². The Morgan fingerprint density at radius 1 is 1.17 bits per heavy atom. The fraction of sp³-hybridized carbons (Fsp3) is 0.357. The largest absolute Gasteiger partial charge is 0.437 e. The fourth-order valence-electron chi connectivity index (χ4n) is 1.99. The summed E-state index contributed by atoms with van der Waals surface area (Å²) in [5.41, 5.74) is 10.9. The zero-order valence-corrected chi connectivity index (χ0v) is 11.5. The van der Waals surface area contributed by atoms with Crippen LogP contribution in [0.2, 0.25) is 0 Å². The second kappa shape index (κ2) is 4.37. The number of anilines is 1. The lowest BCUT2D eigenvalue weighted by atomic mass is 10.1. The summed E-state index contributed by atoms with van der Waals surface area (Å²) in [6.45, 7) is 8.05. The molecule has 2 rings (SSSR count). The predicted octanol–water partition coefficient (Wildman–Crippen LogP) is 3.03. The van der Waals surface area contributed by atoms with E-state index in [9.17, 15) is 0 Å². The van der Waals surface area contributed by atoms with Crippen molar-refractivity contribution in [2.75, 3.05) is 5.73 Å². The molecule has 0 atom stereocenters. The number of nitrogen functional groups attached to an aromatic ring is 1. The maximum atomic E-state index is 5.97. The van der Waals surface area contributed by atoms with E-state index in [2.05, 4.69) is 25.0 Å². The van der Waals surface area contributed by atoms with Crippen molar-refractivity contribution < 1.29 is 4.74 Å². The number of rotatable bonds is 2. The van der Waals surface area contributed by atoms with Crippen molar-refractivity contribution in [3.05, 3.63) is 34.5 Å². The summed E-state index contributed by atoms with van der Waals surface area (Å²) < 4.78 is 7.60. The van der Waals surface area contributed by atoms with Gasteiger partial charge < -0.3 is 10.5 Å². The van der Waals surface area contributed by atoms with Crippen LogP contribution in [0.1, 0.15) is 22.4 Å². The average Bonchev–Trinajstić information content (AvgIpc) is 2.52. The monoisotopic (exact) mass is 245 g/mol. The molecule has 1 aromatic carbocycles.